The predicted octanol–water partition coefficient (Wildman–Crippen LogP) is 4.41. The molecule has 1 heterocycles. The Balaban J connectivity index is 1.95. The van der Waals surface area contributed by atoms with Gasteiger partial charge < -0.3 is 19.4 Å². The third-order valence-electron chi connectivity index (χ3n) is 3.63. The number of carbonyl (C=O) groups is 1. The Bertz CT molecular complexity index is 902. The van der Waals surface area contributed by atoms with Gasteiger partial charge in [-0.3, -0.25) is 4.79 Å². The number of furan rings is 1. The third kappa shape index (κ3) is 2.90. The molecule has 1 aromatic heterocycles. The van der Waals surface area contributed by atoms with Crippen molar-refractivity contribution < 1.29 is 13.9 Å². The van der Waals surface area contributed by atoms with Crippen molar-refractivity contribution in [2.24, 2.45) is 0 Å². The molecular formula is C18H17ClN2O3. The lowest BCUT2D eigenvalue weighted by Gasteiger charge is -2.19. The maximum atomic E-state index is 12.6. The van der Waals surface area contributed by atoms with Gasteiger partial charge in [-0.05, 0) is 24.3 Å². The molecule has 1 amide bonds. The number of fused-ring (bicyclic) bond motifs is 1. The van der Waals surface area contributed by atoms with Crippen molar-refractivity contribution in [3.63, 3.8) is 0 Å². The van der Waals surface area contributed by atoms with Gasteiger partial charge in [0, 0.05) is 19.5 Å². The zero-order chi connectivity index (χ0) is 17.3. The van der Waals surface area contributed by atoms with Gasteiger partial charge in [-0.1, -0.05) is 29.8 Å². The molecule has 0 aliphatic rings. The Morgan fingerprint density at radius 3 is 2.67 bits per heavy atom. The Morgan fingerprint density at radius 1 is 1.21 bits per heavy atom. The minimum Gasteiger partial charge on any atom is -0.493 e. The Kier molecular flexibility index (Phi) is 4.36. The van der Waals surface area contributed by atoms with Gasteiger partial charge >= 0.3 is 0 Å². The highest BCUT2D eigenvalue weighted by Crippen LogP contribution is 2.33. The first-order chi connectivity index (χ1) is 11.5. The summed E-state index contributed by atoms with van der Waals surface area (Å²) in [5.41, 5.74) is 1.90. The lowest BCUT2D eigenvalue weighted by Crippen LogP contribution is -2.16. The van der Waals surface area contributed by atoms with Crippen LogP contribution in [0.4, 0.5) is 11.4 Å². The summed E-state index contributed by atoms with van der Waals surface area (Å²) in [6, 6.07) is 12.5. The number of nitrogens with zero attached hydrogens (tertiary/aromatic N) is 1. The maximum absolute atomic E-state index is 12.6. The van der Waals surface area contributed by atoms with Crippen molar-refractivity contribution in [3.8, 4) is 5.75 Å². The summed E-state index contributed by atoms with van der Waals surface area (Å²) in [4.78, 5) is 14.4. The molecular weight excluding hydrogens is 328 g/mol. The molecule has 124 valence electrons. The van der Waals surface area contributed by atoms with Crippen LogP contribution in [0.25, 0.3) is 11.0 Å². The minimum absolute atomic E-state index is 0.208. The highest BCUT2D eigenvalue weighted by atomic mass is 35.5. The standard InChI is InChI=1S/C18H17ClN2O3/c1-21(2)16-12(19)7-5-8-13(16)20-18(22)15-10-11-6-4-9-14(23-3)17(11)24-15/h4-10H,1-3H3,(H,20,22). The molecule has 0 saturated carbocycles. The van der Waals surface area contributed by atoms with Gasteiger partial charge in [0.15, 0.2) is 17.1 Å². The number of hydrogen-bond acceptors (Lipinski definition) is 4. The molecule has 5 nitrogen and oxygen atoms in total. The first kappa shape index (κ1) is 16.2. The van der Waals surface area contributed by atoms with E-state index in [4.69, 9.17) is 20.8 Å². The van der Waals surface area contributed by atoms with Crippen molar-refractivity contribution in [3.05, 3.63) is 53.2 Å². The van der Waals surface area contributed by atoms with E-state index >= 15 is 0 Å². The monoisotopic (exact) mass is 344 g/mol. The number of amides is 1. The molecule has 0 aliphatic heterocycles. The average Bonchev–Trinajstić information content (AvgIpc) is 2.98. The number of ether oxygens (including phenoxy) is 1. The number of benzene rings is 2. The van der Waals surface area contributed by atoms with Crippen molar-refractivity contribution in [1.82, 2.24) is 0 Å². The topological polar surface area (TPSA) is 54.7 Å². The van der Waals surface area contributed by atoms with Crippen LogP contribution in [0.5, 0.6) is 5.75 Å². The van der Waals surface area contributed by atoms with Crippen LogP contribution in [0.2, 0.25) is 5.02 Å². The van der Waals surface area contributed by atoms with Crippen LogP contribution in [0, 0.1) is 0 Å². The van der Waals surface area contributed by atoms with Crippen molar-refractivity contribution in [1.29, 1.82) is 0 Å². The SMILES string of the molecule is COc1cccc2cc(C(=O)Nc3cccc(Cl)c3N(C)C)oc12. The highest BCUT2D eigenvalue weighted by molar-refractivity contribution is 6.34. The summed E-state index contributed by atoms with van der Waals surface area (Å²) in [7, 11) is 5.29. The molecule has 0 unspecified atom stereocenters. The van der Waals surface area contributed by atoms with Gasteiger partial charge in [0.05, 0.1) is 23.5 Å². The number of nitrogens with one attached hydrogen (secondary N) is 1. The largest absolute Gasteiger partial charge is 0.493 e. The second-order valence-electron chi connectivity index (χ2n) is 5.47. The van der Waals surface area contributed by atoms with E-state index in [1.807, 2.05) is 31.1 Å². The molecule has 2 aromatic carbocycles. The van der Waals surface area contributed by atoms with Crippen LogP contribution >= 0.6 is 11.6 Å². The third-order valence-corrected chi connectivity index (χ3v) is 3.94. The number of carbonyl (C=O) groups excluding carboxylic acids is 1. The number of methoxy groups -OCH3 is 1. The van der Waals surface area contributed by atoms with Crippen LogP contribution < -0.4 is 15.0 Å². The molecule has 0 aliphatic carbocycles. The Morgan fingerprint density at radius 2 is 1.96 bits per heavy atom. The van der Waals surface area contributed by atoms with Gasteiger partial charge in [-0.2, -0.15) is 0 Å². The Labute approximate surface area is 144 Å². The quantitative estimate of drug-likeness (QED) is 0.761. The first-order valence-corrected chi connectivity index (χ1v) is 7.73. The van der Waals surface area contributed by atoms with E-state index in [9.17, 15) is 4.79 Å². The molecule has 0 radical (unpaired) electrons. The van der Waals surface area contributed by atoms with Crippen LogP contribution in [-0.2, 0) is 0 Å². The van der Waals surface area contributed by atoms with E-state index in [0.717, 1.165) is 11.1 Å². The molecule has 0 fully saturated rings. The predicted molar refractivity (Wildman–Crippen MR) is 96.5 cm³/mol. The summed E-state index contributed by atoms with van der Waals surface area (Å²) < 4.78 is 10.9. The van der Waals surface area contributed by atoms with Crippen molar-refractivity contribution in [2.45, 2.75) is 0 Å². The van der Waals surface area contributed by atoms with Gasteiger partial charge in [-0.25, -0.2) is 0 Å². The van der Waals surface area contributed by atoms with E-state index in [0.29, 0.717) is 22.0 Å². The summed E-state index contributed by atoms with van der Waals surface area (Å²) in [5.74, 6) is 0.445. The second-order valence-corrected chi connectivity index (χ2v) is 5.88. The van der Waals surface area contributed by atoms with Gasteiger partial charge in [0.25, 0.3) is 5.91 Å². The summed E-state index contributed by atoms with van der Waals surface area (Å²) in [6.45, 7) is 0. The van der Waals surface area contributed by atoms with E-state index in [1.165, 1.54) is 0 Å². The maximum Gasteiger partial charge on any atom is 0.291 e. The molecule has 3 rings (SSSR count). The van der Waals surface area contributed by atoms with Gasteiger partial charge in [0.2, 0.25) is 0 Å². The Hall–Kier alpha value is -2.66. The van der Waals surface area contributed by atoms with Crippen LogP contribution in [-0.4, -0.2) is 27.1 Å². The molecule has 0 saturated heterocycles. The lowest BCUT2D eigenvalue weighted by atomic mass is 10.2. The second kappa shape index (κ2) is 6.45. The molecule has 3 aromatic rings. The minimum atomic E-state index is -0.349. The normalized spacial score (nSPS) is 10.7. The summed E-state index contributed by atoms with van der Waals surface area (Å²) in [6.07, 6.45) is 0. The number of para-hydroxylation sites is 2. The fourth-order valence-electron chi connectivity index (χ4n) is 2.56. The number of halogens is 1. The highest BCUT2D eigenvalue weighted by Gasteiger charge is 2.17. The van der Waals surface area contributed by atoms with E-state index in [2.05, 4.69) is 5.32 Å². The van der Waals surface area contributed by atoms with Crippen molar-refractivity contribution in [2.75, 3.05) is 31.4 Å². The van der Waals surface area contributed by atoms with E-state index in [1.54, 1.807) is 37.4 Å². The fraction of sp³-hybridized carbons (Fsp3) is 0.167. The molecule has 0 spiro atoms. The molecule has 0 atom stereocenters. The first-order valence-electron chi connectivity index (χ1n) is 7.35. The zero-order valence-corrected chi connectivity index (χ0v) is 14.3. The van der Waals surface area contributed by atoms with Gasteiger partial charge in [0.1, 0.15) is 0 Å². The van der Waals surface area contributed by atoms with E-state index in [-0.39, 0.29) is 11.7 Å². The van der Waals surface area contributed by atoms with E-state index < -0.39 is 0 Å². The number of rotatable bonds is 4. The fourth-order valence-corrected chi connectivity index (χ4v) is 2.91. The zero-order valence-electron chi connectivity index (χ0n) is 13.6. The van der Waals surface area contributed by atoms with Crippen molar-refractivity contribution >= 4 is 39.9 Å². The summed E-state index contributed by atoms with van der Waals surface area (Å²) >= 11 is 6.22. The van der Waals surface area contributed by atoms with Crippen LogP contribution in [0.1, 0.15) is 10.6 Å². The number of hydrogen-bond donors (Lipinski definition) is 1. The molecule has 6 heteroatoms. The number of anilines is 2. The van der Waals surface area contributed by atoms with Gasteiger partial charge in [-0.15, -0.1) is 0 Å². The average molecular weight is 345 g/mol. The summed E-state index contributed by atoms with van der Waals surface area (Å²) in [5, 5.41) is 4.21. The molecule has 0 bridgehead atoms. The smallest absolute Gasteiger partial charge is 0.291 e. The molecule has 1 N–H and O–H groups in total. The molecule has 24 heavy (non-hydrogen) atoms. The van der Waals surface area contributed by atoms with Crippen LogP contribution in [0.15, 0.2) is 46.9 Å². The lowest BCUT2D eigenvalue weighted by molar-refractivity contribution is 0.0998. The van der Waals surface area contributed by atoms with Crippen LogP contribution in [0.3, 0.4) is 0 Å².